The van der Waals surface area contributed by atoms with Crippen molar-refractivity contribution in [3.05, 3.63) is 4.91 Å². The van der Waals surface area contributed by atoms with Gasteiger partial charge in [0.2, 0.25) is 0 Å². The van der Waals surface area contributed by atoms with Crippen molar-refractivity contribution in [1.82, 2.24) is 0 Å². The van der Waals surface area contributed by atoms with Crippen LogP contribution in [0.2, 0.25) is 0 Å². The molecule has 0 amide bonds. The van der Waals surface area contributed by atoms with Crippen molar-refractivity contribution < 1.29 is 9.63 Å². The lowest BCUT2D eigenvalue weighted by Crippen LogP contribution is -2.07. The van der Waals surface area contributed by atoms with Crippen molar-refractivity contribution in [2.75, 3.05) is 0 Å². The van der Waals surface area contributed by atoms with Crippen LogP contribution >= 0.6 is 0 Å². The highest BCUT2D eigenvalue weighted by Crippen LogP contribution is 1.94. The van der Waals surface area contributed by atoms with Gasteiger partial charge in [-0.05, 0) is 0 Å². The maximum Gasteiger partial charge on any atom is 0.341 e. The first-order valence-corrected chi connectivity index (χ1v) is 2.22. The maximum absolute atomic E-state index is 10.2. The van der Waals surface area contributed by atoms with E-state index in [-0.39, 0.29) is 5.92 Å². The predicted octanol–water partition coefficient (Wildman–Crippen LogP) is 0.867. The number of nitrogens with zero attached hydrogens (tertiary/aromatic N) is 1. The molecule has 0 aliphatic carbocycles. The van der Waals surface area contributed by atoms with Crippen LogP contribution in [0.4, 0.5) is 0 Å². The molecule has 0 rings (SSSR count). The Morgan fingerprint density at radius 1 is 1.62 bits per heavy atom. The SMILES string of the molecule is CC(C)C(=O)ON=O. The molecule has 0 spiro atoms. The quantitative estimate of drug-likeness (QED) is 0.398. The van der Waals surface area contributed by atoms with E-state index in [4.69, 9.17) is 0 Å². The normalized spacial score (nSPS) is 8.88. The zero-order valence-corrected chi connectivity index (χ0v) is 4.75. The minimum Gasteiger partial charge on any atom is -0.284 e. The second-order valence-corrected chi connectivity index (χ2v) is 1.64. The molecule has 0 N–H and O–H groups in total. The monoisotopic (exact) mass is 117 g/mol. The average molecular weight is 117 g/mol. The molecule has 0 aromatic rings. The molecule has 0 unspecified atom stereocenters. The van der Waals surface area contributed by atoms with E-state index >= 15 is 0 Å². The Morgan fingerprint density at radius 3 is 2.25 bits per heavy atom. The van der Waals surface area contributed by atoms with E-state index in [2.05, 4.69) is 4.84 Å². The van der Waals surface area contributed by atoms with Crippen LogP contribution in [0.3, 0.4) is 0 Å². The second-order valence-electron chi connectivity index (χ2n) is 1.64. The van der Waals surface area contributed by atoms with Gasteiger partial charge in [0.15, 0.2) is 5.34 Å². The zero-order chi connectivity index (χ0) is 6.57. The Balaban J connectivity index is 3.48. The van der Waals surface area contributed by atoms with E-state index in [1.54, 1.807) is 13.8 Å². The summed E-state index contributed by atoms with van der Waals surface area (Å²) in [6.45, 7) is 3.24. The summed E-state index contributed by atoms with van der Waals surface area (Å²) in [6, 6.07) is 0. The minimum absolute atomic E-state index is 0.285. The first kappa shape index (κ1) is 7.07. The molecule has 0 aliphatic heterocycles. The van der Waals surface area contributed by atoms with Gasteiger partial charge in [0.05, 0.1) is 5.92 Å². The van der Waals surface area contributed by atoms with Crippen molar-refractivity contribution >= 4 is 5.97 Å². The van der Waals surface area contributed by atoms with Crippen LogP contribution < -0.4 is 0 Å². The van der Waals surface area contributed by atoms with Crippen molar-refractivity contribution in [2.24, 2.45) is 11.3 Å². The van der Waals surface area contributed by atoms with E-state index in [1.807, 2.05) is 5.34 Å². The maximum atomic E-state index is 10.2. The molecule has 46 valence electrons. The predicted molar refractivity (Wildman–Crippen MR) is 26.7 cm³/mol. The molecule has 0 aliphatic rings. The van der Waals surface area contributed by atoms with Crippen LogP contribution in [0.1, 0.15) is 13.8 Å². The number of hydrogen-bond donors (Lipinski definition) is 0. The third kappa shape index (κ3) is 2.28. The highest BCUT2D eigenvalue weighted by Gasteiger charge is 2.07. The lowest BCUT2D eigenvalue weighted by molar-refractivity contribution is -0.147. The molecule has 0 saturated heterocycles. The lowest BCUT2D eigenvalue weighted by atomic mass is 10.2. The van der Waals surface area contributed by atoms with Crippen LogP contribution in [0.15, 0.2) is 5.34 Å². The van der Waals surface area contributed by atoms with E-state index in [0.29, 0.717) is 0 Å². The Bertz CT molecular complexity index is 99.5. The highest BCUT2D eigenvalue weighted by atomic mass is 16.7. The zero-order valence-electron chi connectivity index (χ0n) is 4.75. The van der Waals surface area contributed by atoms with Gasteiger partial charge in [0, 0.05) is 0 Å². The molecule has 4 heteroatoms. The van der Waals surface area contributed by atoms with Crippen LogP contribution in [0.5, 0.6) is 0 Å². The van der Waals surface area contributed by atoms with E-state index < -0.39 is 5.97 Å². The van der Waals surface area contributed by atoms with Crippen molar-refractivity contribution in [3.8, 4) is 0 Å². The van der Waals surface area contributed by atoms with Gasteiger partial charge in [-0.1, -0.05) is 13.8 Å². The molecule has 0 bridgehead atoms. The summed E-state index contributed by atoms with van der Waals surface area (Å²) in [5, 5.41) is 1.96. The second kappa shape index (κ2) is 3.12. The smallest absolute Gasteiger partial charge is 0.284 e. The Labute approximate surface area is 46.8 Å². The molecule has 8 heavy (non-hydrogen) atoms. The van der Waals surface area contributed by atoms with E-state index in [0.717, 1.165) is 0 Å². The third-order valence-corrected chi connectivity index (χ3v) is 0.599. The van der Waals surface area contributed by atoms with Gasteiger partial charge in [0.25, 0.3) is 0 Å². The average Bonchev–Trinajstić information content (AvgIpc) is 1.67. The van der Waals surface area contributed by atoms with Gasteiger partial charge in [0.1, 0.15) is 0 Å². The van der Waals surface area contributed by atoms with Gasteiger partial charge in [-0.3, -0.25) is 4.84 Å². The first-order chi connectivity index (χ1) is 3.68. The summed E-state index contributed by atoms with van der Waals surface area (Å²) in [5.41, 5.74) is 0. The van der Waals surface area contributed by atoms with Crippen molar-refractivity contribution in [3.63, 3.8) is 0 Å². The molecular weight excluding hydrogens is 110 g/mol. The van der Waals surface area contributed by atoms with Crippen molar-refractivity contribution in [2.45, 2.75) is 13.8 Å². The summed E-state index contributed by atoms with van der Waals surface area (Å²) < 4.78 is 0. The van der Waals surface area contributed by atoms with Gasteiger partial charge in [-0.15, -0.1) is 4.91 Å². The Kier molecular flexibility index (Phi) is 2.76. The molecule has 0 aromatic heterocycles. The summed E-state index contributed by atoms with van der Waals surface area (Å²) >= 11 is 0. The van der Waals surface area contributed by atoms with Gasteiger partial charge in [-0.2, -0.15) is 0 Å². The van der Waals surface area contributed by atoms with Crippen LogP contribution in [-0.4, -0.2) is 5.97 Å². The fraction of sp³-hybridized carbons (Fsp3) is 0.750. The molecule has 0 fully saturated rings. The van der Waals surface area contributed by atoms with Crippen LogP contribution in [-0.2, 0) is 9.63 Å². The number of rotatable bonds is 2. The summed E-state index contributed by atoms with van der Waals surface area (Å²) in [4.78, 5) is 23.2. The lowest BCUT2D eigenvalue weighted by Gasteiger charge is -1.94. The summed E-state index contributed by atoms with van der Waals surface area (Å²) in [7, 11) is 0. The largest absolute Gasteiger partial charge is 0.341 e. The molecule has 4 nitrogen and oxygen atoms in total. The summed E-state index contributed by atoms with van der Waals surface area (Å²) in [6.07, 6.45) is 0. The molecule has 0 radical (unpaired) electrons. The standard InChI is InChI=1S/C4H7NO3/c1-3(2)4(6)8-5-7/h3H,1-2H3. The van der Waals surface area contributed by atoms with Gasteiger partial charge >= 0.3 is 5.97 Å². The van der Waals surface area contributed by atoms with Crippen LogP contribution in [0.25, 0.3) is 0 Å². The number of hydrogen-bond acceptors (Lipinski definition) is 4. The van der Waals surface area contributed by atoms with Gasteiger partial charge < -0.3 is 0 Å². The topological polar surface area (TPSA) is 55.7 Å². The molecule has 0 saturated carbocycles. The van der Waals surface area contributed by atoms with Gasteiger partial charge in [-0.25, -0.2) is 4.79 Å². The highest BCUT2D eigenvalue weighted by molar-refractivity contribution is 5.71. The van der Waals surface area contributed by atoms with E-state index in [1.165, 1.54) is 0 Å². The summed E-state index contributed by atoms with van der Waals surface area (Å²) in [5.74, 6) is -0.882. The van der Waals surface area contributed by atoms with E-state index in [9.17, 15) is 9.70 Å². The molecular formula is C4H7NO3. The first-order valence-electron chi connectivity index (χ1n) is 2.22. The number of carbonyl (C=O) groups excluding carboxylic acids is 1. The Hall–Kier alpha value is -0.930. The minimum atomic E-state index is -0.597. The molecule has 0 heterocycles. The Morgan fingerprint density at radius 2 is 2.12 bits per heavy atom. The third-order valence-electron chi connectivity index (χ3n) is 0.599. The molecule has 0 aromatic carbocycles. The fourth-order valence-electron chi connectivity index (χ4n) is 0.142. The molecule has 0 atom stereocenters. The van der Waals surface area contributed by atoms with Crippen LogP contribution in [0, 0.1) is 10.8 Å². The number of carbonyl (C=O) groups is 1. The fourth-order valence-corrected chi connectivity index (χ4v) is 0.142. The van der Waals surface area contributed by atoms with Crippen molar-refractivity contribution in [1.29, 1.82) is 0 Å².